The molecule has 2 fully saturated rings. The lowest BCUT2D eigenvalue weighted by Gasteiger charge is -2.39. The summed E-state index contributed by atoms with van der Waals surface area (Å²) in [7, 11) is 0. The van der Waals surface area contributed by atoms with Crippen molar-refractivity contribution in [2.24, 2.45) is 5.41 Å². The fourth-order valence-electron chi connectivity index (χ4n) is 4.10. The zero-order valence-corrected chi connectivity index (χ0v) is 16.4. The molecule has 0 aliphatic carbocycles. The van der Waals surface area contributed by atoms with Gasteiger partial charge in [-0.15, -0.1) is 11.8 Å². The van der Waals surface area contributed by atoms with Crippen LogP contribution in [0.2, 0.25) is 0 Å². The molecule has 1 aromatic heterocycles. The van der Waals surface area contributed by atoms with E-state index in [2.05, 4.69) is 29.2 Å². The van der Waals surface area contributed by atoms with Crippen LogP contribution in [0.15, 0.2) is 53.7 Å². The van der Waals surface area contributed by atoms with Crippen LogP contribution in [0.1, 0.15) is 35.2 Å². The van der Waals surface area contributed by atoms with Crippen LogP contribution in [-0.2, 0) is 11.2 Å². The zero-order valence-electron chi connectivity index (χ0n) is 15.6. The second kappa shape index (κ2) is 8.44. The molecule has 27 heavy (non-hydrogen) atoms. The van der Waals surface area contributed by atoms with Gasteiger partial charge in [-0.05, 0) is 43.4 Å². The number of aryl methyl sites for hydroxylation is 1. The van der Waals surface area contributed by atoms with Gasteiger partial charge in [0.15, 0.2) is 0 Å². The van der Waals surface area contributed by atoms with Crippen molar-refractivity contribution >= 4 is 17.7 Å². The number of carbonyl (C=O) groups is 1. The Labute approximate surface area is 165 Å². The summed E-state index contributed by atoms with van der Waals surface area (Å²) < 4.78 is 5.64. The van der Waals surface area contributed by atoms with Crippen LogP contribution in [0.5, 0.6) is 0 Å². The molecule has 5 heteroatoms. The molecule has 0 radical (unpaired) electrons. The minimum atomic E-state index is 0.122. The summed E-state index contributed by atoms with van der Waals surface area (Å²) in [6.45, 7) is 3.27. The van der Waals surface area contributed by atoms with E-state index in [-0.39, 0.29) is 11.3 Å². The van der Waals surface area contributed by atoms with Crippen LogP contribution in [0, 0.1) is 5.41 Å². The lowest BCUT2D eigenvalue weighted by Crippen LogP contribution is -2.46. The Morgan fingerprint density at radius 3 is 2.89 bits per heavy atom. The van der Waals surface area contributed by atoms with Gasteiger partial charge < -0.3 is 9.64 Å². The molecule has 1 amide bonds. The predicted molar refractivity (Wildman–Crippen MR) is 108 cm³/mol. The lowest BCUT2D eigenvalue weighted by atomic mass is 9.79. The summed E-state index contributed by atoms with van der Waals surface area (Å²) in [6.07, 6.45) is 6.06. The highest BCUT2D eigenvalue weighted by atomic mass is 32.2. The predicted octanol–water partition coefficient (Wildman–Crippen LogP) is 4.06. The Balaban J connectivity index is 1.43. The first-order valence-electron chi connectivity index (χ1n) is 9.75. The summed E-state index contributed by atoms with van der Waals surface area (Å²) in [4.78, 5) is 19.8. The fraction of sp³-hybridized carbons (Fsp3) is 0.455. The van der Waals surface area contributed by atoms with E-state index < -0.39 is 0 Å². The van der Waals surface area contributed by atoms with E-state index in [9.17, 15) is 4.79 Å². The van der Waals surface area contributed by atoms with Gasteiger partial charge in [0.25, 0.3) is 5.91 Å². The maximum Gasteiger partial charge on any atom is 0.256 e. The zero-order chi connectivity index (χ0) is 18.5. The van der Waals surface area contributed by atoms with Gasteiger partial charge in [-0.1, -0.05) is 30.3 Å². The number of aromatic nitrogens is 1. The molecule has 1 unspecified atom stereocenters. The Bertz CT molecular complexity index is 775. The molecule has 0 bridgehead atoms. The molecule has 0 saturated carbocycles. The number of nitrogens with zero attached hydrogens (tertiary/aromatic N) is 2. The van der Waals surface area contributed by atoms with Crippen molar-refractivity contribution in [2.45, 2.75) is 30.7 Å². The van der Waals surface area contributed by atoms with Crippen LogP contribution in [-0.4, -0.2) is 47.8 Å². The van der Waals surface area contributed by atoms with Crippen LogP contribution in [0.3, 0.4) is 0 Å². The standard InChI is InChI=1S/C22H26N2O2S/c25-21(24-13-5-10-22(16-24)11-14-26-17-22)19-8-4-12-23-20(19)27-15-9-18-6-2-1-3-7-18/h1-4,6-8,12H,5,9-11,13-17H2. The number of amides is 1. The summed E-state index contributed by atoms with van der Waals surface area (Å²) in [5.41, 5.74) is 2.23. The van der Waals surface area contributed by atoms with E-state index in [0.29, 0.717) is 0 Å². The molecule has 1 spiro atoms. The van der Waals surface area contributed by atoms with E-state index in [0.717, 1.165) is 61.9 Å². The van der Waals surface area contributed by atoms with E-state index in [4.69, 9.17) is 4.74 Å². The maximum atomic E-state index is 13.2. The van der Waals surface area contributed by atoms with Gasteiger partial charge in [-0.25, -0.2) is 4.98 Å². The van der Waals surface area contributed by atoms with Crippen LogP contribution >= 0.6 is 11.8 Å². The van der Waals surface area contributed by atoms with Crippen LogP contribution < -0.4 is 0 Å². The first-order valence-corrected chi connectivity index (χ1v) is 10.7. The third-order valence-electron chi connectivity index (χ3n) is 5.61. The minimum Gasteiger partial charge on any atom is -0.381 e. The fourth-order valence-corrected chi connectivity index (χ4v) is 5.08. The molecule has 2 aromatic rings. The largest absolute Gasteiger partial charge is 0.381 e. The smallest absolute Gasteiger partial charge is 0.256 e. The Hall–Kier alpha value is -1.85. The topological polar surface area (TPSA) is 42.4 Å². The molecule has 4 nitrogen and oxygen atoms in total. The van der Waals surface area contributed by atoms with Crippen molar-refractivity contribution in [1.82, 2.24) is 9.88 Å². The normalized spacial score (nSPS) is 22.3. The van der Waals surface area contributed by atoms with Crippen molar-refractivity contribution < 1.29 is 9.53 Å². The van der Waals surface area contributed by atoms with Crippen molar-refractivity contribution in [3.63, 3.8) is 0 Å². The first kappa shape index (κ1) is 18.5. The monoisotopic (exact) mass is 382 g/mol. The highest BCUT2D eigenvalue weighted by molar-refractivity contribution is 7.99. The number of piperidine rings is 1. The molecule has 2 aliphatic heterocycles. The molecule has 142 valence electrons. The van der Waals surface area contributed by atoms with Gasteiger partial charge in [0, 0.05) is 37.1 Å². The Morgan fingerprint density at radius 2 is 2.07 bits per heavy atom. The Morgan fingerprint density at radius 1 is 1.19 bits per heavy atom. The average Bonchev–Trinajstić information content (AvgIpc) is 3.16. The highest BCUT2D eigenvalue weighted by Gasteiger charge is 2.40. The molecule has 4 rings (SSSR count). The van der Waals surface area contributed by atoms with Gasteiger partial charge >= 0.3 is 0 Å². The molecular weight excluding hydrogens is 356 g/mol. The van der Waals surface area contributed by atoms with Gasteiger partial charge in [0.05, 0.1) is 12.2 Å². The molecule has 1 atom stereocenters. The number of ether oxygens (including phenoxy) is 1. The minimum absolute atomic E-state index is 0.122. The third kappa shape index (κ3) is 4.36. The number of likely N-dealkylation sites (tertiary alicyclic amines) is 1. The second-order valence-electron chi connectivity index (χ2n) is 7.57. The van der Waals surface area contributed by atoms with E-state index in [1.807, 2.05) is 23.1 Å². The highest BCUT2D eigenvalue weighted by Crippen LogP contribution is 2.38. The molecule has 0 N–H and O–H groups in total. The van der Waals surface area contributed by atoms with E-state index >= 15 is 0 Å². The molecular formula is C22H26N2O2S. The van der Waals surface area contributed by atoms with Crippen molar-refractivity contribution in [3.8, 4) is 0 Å². The number of rotatable bonds is 5. The number of pyridine rings is 1. The number of hydrogen-bond donors (Lipinski definition) is 0. The summed E-state index contributed by atoms with van der Waals surface area (Å²) in [6, 6.07) is 14.2. The van der Waals surface area contributed by atoms with Crippen molar-refractivity contribution in [3.05, 3.63) is 59.8 Å². The van der Waals surface area contributed by atoms with Crippen molar-refractivity contribution in [2.75, 3.05) is 32.1 Å². The van der Waals surface area contributed by atoms with Crippen LogP contribution in [0.4, 0.5) is 0 Å². The van der Waals surface area contributed by atoms with Crippen molar-refractivity contribution in [1.29, 1.82) is 0 Å². The number of thioether (sulfide) groups is 1. The quantitative estimate of drug-likeness (QED) is 0.732. The van der Waals surface area contributed by atoms with Gasteiger partial charge in [0.1, 0.15) is 5.03 Å². The average molecular weight is 383 g/mol. The molecule has 2 saturated heterocycles. The van der Waals surface area contributed by atoms with Gasteiger partial charge in [-0.2, -0.15) is 0 Å². The van der Waals surface area contributed by atoms with Gasteiger partial charge in [0.2, 0.25) is 0 Å². The number of hydrogen-bond acceptors (Lipinski definition) is 4. The molecule has 2 aliphatic rings. The summed E-state index contributed by atoms with van der Waals surface area (Å²) in [5, 5.41) is 0.848. The Kier molecular flexibility index (Phi) is 5.79. The first-order chi connectivity index (χ1) is 13.3. The van der Waals surface area contributed by atoms with Gasteiger partial charge in [-0.3, -0.25) is 4.79 Å². The molecule has 3 heterocycles. The SMILES string of the molecule is O=C(c1cccnc1SCCc1ccccc1)N1CCCC2(CCOC2)C1. The maximum absolute atomic E-state index is 13.2. The molecule has 1 aromatic carbocycles. The summed E-state index contributed by atoms with van der Waals surface area (Å²) in [5.74, 6) is 1.04. The van der Waals surface area contributed by atoms with E-state index in [1.54, 1.807) is 18.0 Å². The number of carbonyl (C=O) groups excluding carboxylic acids is 1. The summed E-state index contributed by atoms with van der Waals surface area (Å²) >= 11 is 1.67. The second-order valence-corrected chi connectivity index (χ2v) is 8.66. The van der Waals surface area contributed by atoms with Crippen LogP contribution in [0.25, 0.3) is 0 Å². The number of benzene rings is 1. The third-order valence-corrected chi connectivity index (χ3v) is 6.61. The lowest BCUT2D eigenvalue weighted by molar-refractivity contribution is 0.0459. The van der Waals surface area contributed by atoms with E-state index in [1.165, 1.54) is 12.0 Å².